The fourth-order valence-electron chi connectivity index (χ4n) is 1.62. The molecule has 0 unspecified atom stereocenters. The number of rotatable bonds is 6. The van der Waals surface area contributed by atoms with Crippen molar-refractivity contribution in [1.29, 1.82) is 0 Å². The van der Waals surface area contributed by atoms with Gasteiger partial charge in [-0.05, 0) is 30.7 Å². The molecule has 82 valence electrons. The first-order chi connectivity index (χ1) is 7.22. The second-order valence-electron chi connectivity index (χ2n) is 4.13. The first kappa shape index (κ1) is 12.0. The van der Waals surface area contributed by atoms with Crippen LogP contribution in [0.2, 0.25) is 0 Å². The van der Waals surface area contributed by atoms with Gasteiger partial charge in [-0.25, -0.2) is 0 Å². The molecular weight excluding hydrogens is 184 g/mol. The molecule has 0 heterocycles. The molecule has 1 heteroatoms. The van der Waals surface area contributed by atoms with Gasteiger partial charge >= 0.3 is 0 Å². The summed E-state index contributed by atoms with van der Waals surface area (Å²) in [7, 11) is 0. The van der Waals surface area contributed by atoms with Gasteiger partial charge in [-0.15, -0.1) is 6.58 Å². The highest BCUT2D eigenvalue weighted by atomic mass is 16.3. The van der Waals surface area contributed by atoms with Crippen LogP contribution in [0.15, 0.2) is 43.0 Å². The molecule has 0 aliphatic rings. The Balaban J connectivity index is 2.28. The lowest BCUT2D eigenvalue weighted by Gasteiger charge is -2.13. The van der Waals surface area contributed by atoms with Crippen molar-refractivity contribution in [3.63, 3.8) is 0 Å². The number of aliphatic hydroxyl groups is 1. The van der Waals surface area contributed by atoms with Gasteiger partial charge in [-0.1, -0.05) is 43.3 Å². The van der Waals surface area contributed by atoms with Crippen LogP contribution in [0.3, 0.4) is 0 Å². The number of benzene rings is 1. The second-order valence-corrected chi connectivity index (χ2v) is 4.13. The molecule has 0 aliphatic carbocycles. The molecule has 0 bridgehead atoms. The minimum absolute atomic E-state index is 0.210. The zero-order valence-corrected chi connectivity index (χ0v) is 9.39. The molecule has 0 saturated carbocycles. The monoisotopic (exact) mass is 204 g/mol. The predicted octanol–water partition coefficient (Wildman–Crippen LogP) is 3.19. The SMILES string of the molecule is C=C[C@H](C)C[C@@H](O)CCc1ccccc1. The molecule has 1 aromatic carbocycles. The van der Waals surface area contributed by atoms with Crippen LogP contribution in [0.25, 0.3) is 0 Å². The van der Waals surface area contributed by atoms with Crippen LogP contribution in [0, 0.1) is 5.92 Å². The van der Waals surface area contributed by atoms with Gasteiger partial charge in [0.25, 0.3) is 0 Å². The third-order valence-corrected chi connectivity index (χ3v) is 2.66. The summed E-state index contributed by atoms with van der Waals surface area (Å²) in [4.78, 5) is 0. The van der Waals surface area contributed by atoms with Crippen molar-refractivity contribution in [3.8, 4) is 0 Å². The molecule has 1 aromatic rings. The minimum atomic E-state index is -0.210. The van der Waals surface area contributed by atoms with E-state index < -0.39 is 0 Å². The molecule has 2 atom stereocenters. The van der Waals surface area contributed by atoms with E-state index >= 15 is 0 Å². The molecule has 0 fully saturated rings. The predicted molar refractivity (Wildman–Crippen MR) is 64.7 cm³/mol. The highest BCUT2D eigenvalue weighted by Crippen LogP contribution is 2.12. The Labute approximate surface area is 92.5 Å². The minimum Gasteiger partial charge on any atom is -0.393 e. The maximum atomic E-state index is 9.76. The van der Waals surface area contributed by atoms with Crippen molar-refractivity contribution in [1.82, 2.24) is 0 Å². The van der Waals surface area contributed by atoms with E-state index in [9.17, 15) is 5.11 Å². The number of aliphatic hydroxyl groups excluding tert-OH is 1. The topological polar surface area (TPSA) is 20.2 Å². The quantitative estimate of drug-likeness (QED) is 0.705. The van der Waals surface area contributed by atoms with Gasteiger partial charge in [-0.3, -0.25) is 0 Å². The molecule has 1 rings (SSSR count). The van der Waals surface area contributed by atoms with Crippen molar-refractivity contribution in [2.45, 2.75) is 32.3 Å². The number of allylic oxidation sites excluding steroid dienone is 1. The van der Waals surface area contributed by atoms with E-state index in [1.54, 1.807) is 0 Å². The Morgan fingerprint density at radius 1 is 1.33 bits per heavy atom. The summed E-state index contributed by atoms with van der Waals surface area (Å²) < 4.78 is 0. The normalized spacial score (nSPS) is 14.5. The zero-order valence-electron chi connectivity index (χ0n) is 9.39. The molecule has 0 aromatic heterocycles. The molecule has 0 aliphatic heterocycles. The van der Waals surface area contributed by atoms with Crippen LogP contribution in [-0.2, 0) is 6.42 Å². The largest absolute Gasteiger partial charge is 0.393 e. The summed E-state index contributed by atoms with van der Waals surface area (Å²) in [5.74, 6) is 0.399. The number of hydrogen-bond acceptors (Lipinski definition) is 1. The van der Waals surface area contributed by atoms with E-state index in [0.717, 1.165) is 19.3 Å². The van der Waals surface area contributed by atoms with Gasteiger partial charge in [0, 0.05) is 0 Å². The third-order valence-electron chi connectivity index (χ3n) is 2.66. The standard InChI is InChI=1S/C14H20O/c1-3-12(2)11-14(15)10-9-13-7-5-4-6-8-13/h3-8,12,14-15H,1,9-11H2,2H3/t12-,14-/m0/s1. The summed E-state index contributed by atoms with van der Waals surface area (Å²) >= 11 is 0. The molecule has 0 spiro atoms. The van der Waals surface area contributed by atoms with Gasteiger partial charge in [-0.2, -0.15) is 0 Å². The van der Waals surface area contributed by atoms with Gasteiger partial charge in [0.15, 0.2) is 0 Å². The molecule has 0 radical (unpaired) electrons. The first-order valence-corrected chi connectivity index (χ1v) is 5.57. The lowest BCUT2D eigenvalue weighted by molar-refractivity contribution is 0.144. The lowest BCUT2D eigenvalue weighted by atomic mass is 9.99. The van der Waals surface area contributed by atoms with Crippen LogP contribution in [-0.4, -0.2) is 11.2 Å². The van der Waals surface area contributed by atoms with Gasteiger partial charge in [0.2, 0.25) is 0 Å². The Morgan fingerprint density at radius 3 is 2.60 bits per heavy atom. The lowest BCUT2D eigenvalue weighted by Crippen LogP contribution is -2.11. The summed E-state index contributed by atoms with van der Waals surface area (Å²) in [6.45, 7) is 5.80. The van der Waals surface area contributed by atoms with E-state index in [4.69, 9.17) is 0 Å². The number of aryl methyl sites for hydroxylation is 1. The van der Waals surface area contributed by atoms with Crippen molar-refractivity contribution in [3.05, 3.63) is 48.6 Å². The zero-order chi connectivity index (χ0) is 11.1. The summed E-state index contributed by atoms with van der Waals surface area (Å²) in [5, 5.41) is 9.76. The van der Waals surface area contributed by atoms with Crippen molar-refractivity contribution in [2.75, 3.05) is 0 Å². The Morgan fingerprint density at radius 2 is 2.00 bits per heavy atom. The molecule has 0 amide bonds. The first-order valence-electron chi connectivity index (χ1n) is 5.57. The van der Waals surface area contributed by atoms with Crippen molar-refractivity contribution in [2.24, 2.45) is 5.92 Å². The van der Waals surface area contributed by atoms with Gasteiger partial charge < -0.3 is 5.11 Å². The van der Waals surface area contributed by atoms with E-state index in [0.29, 0.717) is 5.92 Å². The Bertz CT molecular complexity index is 279. The number of hydrogen-bond donors (Lipinski definition) is 1. The summed E-state index contributed by atoms with van der Waals surface area (Å²) in [6.07, 6.45) is 4.29. The van der Waals surface area contributed by atoms with Crippen LogP contribution in [0.1, 0.15) is 25.3 Å². The molecule has 15 heavy (non-hydrogen) atoms. The molecule has 1 N–H and O–H groups in total. The van der Waals surface area contributed by atoms with Crippen LogP contribution >= 0.6 is 0 Å². The van der Waals surface area contributed by atoms with E-state index in [1.807, 2.05) is 24.3 Å². The fourth-order valence-corrected chi connectivity index (χ4v) is 1.62. The van der Waals surface area contributed by atoms with E-state index in [-0.39, 0.29) is 6.10 Å². The summed E-state index contributed by atoms with van der Waals surface area (Å²) in [6, 6.07) is 10.3. The Hall–Kier alpha value is -1.08. The molecular formula is C14H20O. The second kappa shape index (κ2) is 6.41. The van der Waals surface area contributed by atoms with Crippen LogP contribution in [0.5, 0.6) is 0 Å². The van der Waals surface area contributed by atoms with Crippen LogP contribution in [0.4, 0.5) is 0 Å². The summed E-state index contributed by atoms with van der Waals surface area (Å²) in [5.41, 5.74) is 1.29. The van der Waals surface area contributed by atoms with Gasteiger partial charge in [0.05, 0.1) is 6.10 Å². The molecule has 1 nitrogen and oxygen atoms in total. The van der Waals surface area contributed by atoms with Crippen molar-refractivity contribution >= 4 is 0 Å². The van der Waals surface area contributed by atoms with E-state index in [1.165, 1.54) is 5.56 Å². The average Bonchev–Trinajstić information content (AvgIpc) is 2.27. The maximum absolute atomic E-state index is 9.76. The van der Waals surface area contributed by atoms with Crippen molar-refractivity contribution < 1.29 is 5.11 Å². The molecule has 0 saturated heterocycles. The highest BCUT2D eigenvalue weighted by Gasteiger charge is 2.07. The fraction of sp³-hybridized carbons (Fsp3) is 0.429. The average molecular weight is 204 g/mol. The van der Waals surface area contributed by atoms with E-state index in [2.05, 4.69) is 25.6 Å². The smallest absolute Gasteiger partial charge is 0.0549 e. The van der Waals surface area contributed by atoms with Gasteiger partial charge in [0.1, 0.15) is 0 Å². The third kappa shape index (κ3) is 4.80. The Kier molecular flexibility index (Phi) is 5.13. The highest BCUT2D eigenvalue weighted by molar-refractivity contribution is 5.14. The maximum Gasteiger partial charge on any atom is 0.0549 e. The van der Waals surface area contributed by atoms with Crippen LogP contribution < -0.4 is 0 Å².